The number of rotatable bonds is 23. The third-order valence-electron chi connectivity index (χ3n) is 7.34. The molecule has 2 amide bonds. The van der Waals surface area contributed by atoms with E-state index in [4.69, 9.17) is 52.3 Å². The molecule has 0 spiro atoms. The summed E-state index contributed by atoms with van der Waals surface area (Å²) < 4.78 is 79.1. The predicted octanol–water partition coefficient (Wildman–Crippen LogP) is 5.76. The molecule has 352 valence electrons. The Labute approximate surface area is 368 Å². The smallest absolute Gasteiger partial charge is 0.471 e. The normalized spacial score (nSPS) is 12.6. The lowest BCUT2D eigenvalue weighted by Gasteiger charge is -2.36. The van der Waals surface area contributed by atoms with Gasteiger partial charge < -0.3 is 48.8 Å². The summed E-state index contributed by atoms with van der Waals surface area (Å²) in [4.78, 5) is 79.6. The highest BCUT2D eigenvalue weighted by atomic mass is 31.2. The molecule has 0 aliphatic carbocycles. The number of alkyl halides is 3. The summed E-state index contributed by atoms with van der Waals surface area (Å²) >= 11 is 0. The highest BCUT2D eigenvalue weighted by molar-refractivity contribution is 7.41. The lowest BCUT2D eigenvalue weighted by molar-refractivity contribution is -0.240. The molecule has 0 radical (unpaired) electrons. The Hall–Kier alpha value is -5.99. The number of nitrogens with one attached hydrogen (secondary N) is 2. The van der Waals surface area contributed by atoms with Gasteiger partial charge in [-0.3, -0.25) is 33.3 Å². The molecule has 0 bridgehead atoms. The van der Waals surface area contributed by atoms with E-state index in [9.17, 15) is 37.1 Å². The number of esters is 3. The van der Waals surface area contributed by atoms with Crippen LogP contribution in [-0.2, 0) is 85.9 Å². The lowest BCUT2D eigenvalue weighted by atomic mass is 10.1. The molecule has 64 heavy (non-hydrogen) atoms. The molecule has 3 aromatic rings. The van der Waals surface area contributed by atoms with Crippen LogP contribution in [0.25, 0.3) is 0 Å². The van der Waals surface area contributed by atoms with Crippen LogP contribution >= 0.6 is 8.60 Å². The molecule has 22 heteroatoms. The molecule has 3 unspecified atom stereocenters. The molecule has 0 fully saturated rings. The summed E-state index contributed by atoms with van der Waals surface area (Å²) in [5.41, 5.74) is 2.04. The van der Waals surface area contributed by atoms with Crippen molar-refractivity contribution in [2.45, 2.75) is 91.5 Å². The monoisotopic (exact) mass is 928 g/mol. The molecule has 4 N–H and O–H groups in total. The van der Waals surface area contributed by atoms with Crippen LogP contribution in [0.15, 0.2) is 91.0 Å². The maximum atomic E-state index is 14.3. The van der Waals surface area contributed by atoms with Crippen molar-refractivity contribution in [3.8, 4) is 0 Å². The van der Waals surface area contributed by atoms with Gasteiger partial charge in [0.15, 0.2) is 0 Å². The molecule has 0 aliphatic heterocycles. The minimum Gasteiger partial charge on any atom is -0.481 e. The number of ether oxygens (including phenoxy) is 4. The van der Waals surface area contributed by atoms with Gasteiger partial charge in [-0.05, 0) is 23.6 Å². The van der Waals surface area contributed by atoms with E-state index in [-0.39, 0.29) is 32.8 Å². The van der Waals surface area contributed by atoms with Crippen molar-refractivity contribution >= 4 is 50.3 Å². The number of hydrogen-bond acceptors (Lipinski definition) is 14. The Morgan fingerprint density at radius 1 is 0.672 bits per heavy atom. The number of amides is 2. The second-order valence-electron chi connectivity index (χ2n) is 13.2. The number of carboxylic acids is 2. The fourth-order valence-electron chi connectivity index (χ4n) is 4.79. The number of carboxylic acid groups (broad SMARTS) is 2. The first kappa shape index (κ1) is 56.0. The number of benzene rings is 3. The van der Waals surface area contributed by atoms with Gasteiger partial charge in [-0.25, -0.2) is 4.79 Å². The highest BCUT2D eigenvalue weighted by Crippen LogP contribution is 2.48. The minimum absolute atomic E-state index is 0.0431. The molecule has 0 saturated heterocycles. The van der Waals surface area contributed by atoms with Gasteiger partial charge in [0.05, 0.1) is 25.9 Å². The van der Waals surface area contributed by atoms with Crippen LogP contribution in [0.5, 0.6) is 0 Å². The molecular formula is C42H52F3N2O16P. The lowest BCUT2D eigenvalue weighted by Crippen LogP contribution is -2.50. The van der Waals surface area contributed by atoms with Crippen LogP contribution in [0.1, 0.15) is 64.2 Å². The van der Waals surface area contributed by atoms with Crippen LogP contribution in [0.4, 0.5) is 13.2 Å². The number of carbonyl (C=O) groups is 7. The number of halogens is 3. The Balaban J connectivity index is 0.00000235. The van der Waals surface area contributed by atoms with E-state index in [1.165, 1.54) is 19.2 Å². The first-order valence-corrected chi connectivity index (χ1v) is 20.2. The van der Waals surface area contributed by atoms with Crippen molar-refractivity contribution < 1.29 is 89.5 Å². The zero-order valence-electron chi connectivity index (χ0n) is 35.7. The fraction of sp³-hybridized carbons (Fsp3) is 0.405. The summed E-state index contributed by atoms with van der Waals surface area (Å²) in [5, 5.41) is 18.7. The van der Waals surface area contributed by atoms with Gasteiger partial charge in [-0.2, -0.15) is 13.2 Å². The van der Waals surface area contributed by atoms with E-state index in [1.54, 1.807) is 78.9 Å². The summed E-state index contributed by atoms with van der Waals surface area (Å²) in [6.07, 6.45) is -7.97. The molecule has 3 atom stereocenters. The van der Waals surface area contributed by atoms with E-state index >= 15 is 0 Å². The summed E-state index contributed by atoms with van der Waals surface area (Å²) in [6, 6.07) is 26.5. The van der Waals surface area contributed by atoms with Crippen LogP contribution in [0.2, 0.25) is 0 Å². The van der Waals surface area contributed by atoms with E-state index in [2.05, 4.69) is 5.32 Å². The zero-order chi connectivity index (χ0) is 48.1. The number of carbonyl (C=O) groups excluding carboxylic acids is 5. The molecule has 3 aromatic carbocycles. The van der Waals surface area contributed by atoms with Gasteiger partial charge in [-0.15, -0.1) is 0 Å². The third kappa shape index (κ3) is 26.5. The second kappa shape index (κ2) is 30.2. The molecule has 0 saturated carbocycles. The first-order valence-electron chi connectivity index (χ1n) is 19.1. The SMILES string of the molecule is CC(=O)O.CC(=O)O.CC(=O)OCC(CC(C)OC(CCNC(=O)CNC(=O)C(F)(F)F)(OP(OCc1ccccc1)OCc1ccccc1)C(=O)OCc1ccccc1)OC(C)=O. The van der Waals surface area contributed by atoms with Crippen molar-refractivity contribution in [1.29, 1.82) is 0 Å². The van der Waals surface area contributed by atoms with Crippen LogP contribution in [0, 0.1) is 0 Å². The largest absolute Gasteiger partial charge is 0.481 e. The average Bonchev–Trinajstić information content (AvgIpc) is 3.22. The van der Waals surface area contributed by atoms with Crippen molar-refractivity contribution in [2.24, 2.45) is 0 Å². The van der Waals surface area contributed by atoms with E-state index in [0.717, 1.165) is 31.9 Å². The van der Waals surface area contributed by atoms with Crippen molar-refractivity contribution in [3.05, 3.63) is 108 Å². The molecule has 3 rings (SSSR count). The number of hydrogen-bond donors (Lipinski definition) is 4. The fourth-order valence-corrected chi connectivity index (χ4v) is 5.93. The maximum Gasteiger partial charge on any atom is 0.471 e. The Morgan fingerprint density at radius 3 is 1.55 bits per heavy atom. The Bertz CT molecular complexity index is 1830. The van der Waals surface area contributed by atoms with Gasteiger partial charge in [-0.1, -0.05) is 91.0 Å². The molecule has 18 nitrogen and oxygen atoms in total. The minimum atomic E-state index is -5.22. The van der Waals surface area contributed by atoms with E-state index in [0.29, 0.717) is 5.56 Å². The Morgan fingerprint density at radius 2 is 1.12 bits per heavy atom. The first-order chi connectivity index (χ1) is 30.1. The zero-order valence-corrected chi connectivity index (χ0v) is 36.6. The van der Waals surface area contributed by atoms with Crippen LogP contribution < -0.4 is 10.6 Å². The van der Waals surface area contributed by atoms with Crippen molar-refractivity contribution in [2.75, 3.05) is 19.7 Å². The topological polar surface area (TPSA) is 249 Å². The van der Waals surface area contributed by atoms with Crippen LogP contribution in [-0.4, -0.2) is 95.7 Å². The van der Waals surface area contributed by atoms with Gasteiger partial charge in [0, 0.05) is 47.1 Å². The summed E-state index contributed by atoms with van der Waals surface area (Å²) in [7, 11) is -2.51. The molecule has 0 heterocycles. The predicted molar refractivity (Wildman–Crippen MR) is 220 cm³/mol. The van der Waals surface area contributed by atoms with Gasteiger partial charge >= 0.3 is 38.6 Å². The number of aliphatic carboxylic acids is 2. The summed E-state index contributed by atoms with van der Waals surface area (Å²) in [5.74, 6) is -9.90. The molecule has 0 aliphatic rings. The third-order valence-corrected chi connectivity index (χ3v) is 8.46. The molecular weight excluding hydrogens is 876 g/mol. The van der Waals surface area contributed by atoms with Crippen LogP contribution in [0.3, 0.4) is 0 Å². The Kier molecular flexibility index (Phi) is 26.4. The van der Waals surface area contributed by atoms with E-state index in [1.807, 2.05) is 12.1 Å². The van der Waals surface area contributed by atoms with Gasteiger partial charge in [0.25, 0.3) is 17.7 Å². The highest BCUT2D eigenvalue weighted by Gasteiger charge is 2.48. The van der Waals surface area contributed by atoms with Crippen molar-refractivity contribution in [1.82, 2.24) is 10.6 Å². The second-order valence-corrected chi connectivity index (χ2v) is 14.3. The standard InChI is InChI=1S/C38H44F3N2O12P.2C2H4O2/c1-27(21-33(53-29(3)45)26-49-28(2)44)54-37(36(48)50-23-30-13-7-4-8-14-30,19-20-42-34(46)22-43-35(47)38(39,40)41)55-56(51-24-31-15-9-5-10-16-31)52-25-32-17-11-6-12-18-32;2*1-2(3)4/h4-18,27,33H,19-26H2,1-3H3,(H,42,46)(H,43,47);2*1H3,(H,3,4). The van der Waals surface area contributed by atoms with Crippen molar-refractivity contribution in [3.63, 3.8) is 0 Å². The maximum absolute atomic E-state index is 14.3. The van der Waals surface area contributed by atoms with Gasteiger partial charge in [0.2, 0.25) is 5.91 Å². The quantitative estimate of drug-likeness (QED) is 0.0382. The average molecular weight is 929 g/mol. The summed E-state index contributed by atoms with van der Waals surface area (Å²) in [6.45, 7) is 3.82. The van der Waals surface area contributed by atoms with E-state index < -0.39 is 93.9 Å². The molecule has 0 aromatic heterocycles. The van der Waals surface area contributed by atoms with Gasteiger partial charge in [0.1, 0.15) is 19.3 Å².